The Balaban J connectivity index is 0.000000659. The lowest BCUT2D eigenvalue weighted by molar-refractivity contribution is 0.318. The number of fused-ring (bicyclic) bond motifs is 1. The normalized spacial score (nSPS) is 10.9. The third kappa shape index (κ3) is 4.11. The number of nitrogens with zero attached hydrogens (tertiary/aromatic N) is 3. The molecule has 2 heterocycles. The summed E-state index contributed by atoms with van der Waals surface area (Å²) in [6.07, 6.45) is 3.51. The highest BCUT2D eigenvalue weighted by Crippen LogP contribution is 2.25. The topological polar surface area (TPSA) is 101 Å². The second-order valence-corrected chi connectivity index (χ2v) is 5.65. The van der Waals surface area contributed by atoms with Gasteiger partial charge in [0.05, 0.1) is 28.5 Å². The van der Waals surface area contributed by atoms with Gasteiger partial charge in [0.2, 0.25) is 0 Å². The Labute approximate surface area is 156 Å². The summed E-state index contributed by atoms with van der Waals surface area (Å²) in [5, 5.41) is 24.2. The van der Waals surface area contributed by atoms with Crippen molar-refractivity contribution < 1.29 is 5.11 Å². The van der Waals surface area contributed by atoms with Gasteiger partial charge in [-0.1, -0.05) is 42.5 Å². The number of imidazole rings is 1. The monoisotopic (exact) mass is 357 g/mol. The van der Waals surface area contributed by atoms with E-state index in [9.17, 15) is 5.26 Å². The number of aliphatic hydroxyl groups excluding tert-OH is 1. The van der Waals surface area contributed by atoms with Crippen molar-refractivity contribution in [2.24, 2.45) is 0 Å². The smallest absolute Gasteiger partial charge is 0.149 e. The van der Waals surface area contributed by atoms with E-state index < -0.39 is 0 Å². The van der Waals surface area contributed by atoms with E-state index in [0.29, 0.717) is 11.4 Å². The van der Waals surface area contributed by atoms with E-state index in [1.807, 2.05) is 54.6 Å². The van der Waals surface area contributed by atoms with Crippen molar-refractivity contribution in [1.82, 2.24) is 20.2 Å². The molecule has 27 heavy (non-hydrogen) atoms. The predicted molar refractivity (Wildman–Crippen MR) is 106 cm³/mol. The van der Waals surface area contributed by atoms with Crippen LogP contribution in [0.25, 0.3) is 33.9 Å². The van der Waals surface area contributed by atoms with Crippen LogP contribution < -0.4 is 0 Å². The molecular weight excluding hydrogens is 338 g/mol. The Hall–Kier alpha value is -3.69. The maximum atomic E-state index is 9.56. The van der Waals surface area contributed by atoms with Crippen LogP contribution in [0.1, 0.15) is 18.3 Å². The van der Waals surface area contributed by atoms with E-state index in [2.05, 4.69) is 26.2 Å². The number of H-pyrrole nitrogens is 2. The van der Waals surface area contributed by atoms with Crippen LogP contribution in [0.4, 0.5) is 0 Å². The van der Waals surface area contributed by atoms with Gasteiger partial charge in [-0.25, -0.2) is 4.98 Å². The number of aromatic nitrogens is 4. The van der Waals surface area contributed by atoms with E-state index >= 15 is 0 Å². The lowest BCUT2D eigenvalue weighted by Gasteiger charge is -2.00. The number of benzene rings is 2. The van der Waals surface area contributed by atoms with E-state index in [0.717, 1.165) is 27.9 Å². The molecule has 4 rings (SSSR count). The summed E-state index contributed by atoms with van der Waals surface area (Å²) in [4.78, 5) is 7.68. The zero-order valence-electron chi connectivity index (χ0n) is 14.8. The van der Waals surface area contributed by atoms with Crippen molar-refractivity contribution in [2.75, 3.05) is 6.61 Å². The molecular formula is C21H19N5O. The first kappa shape index (κ1) is 18.1. The minimum atomic E-state index is 0.250. The van der Waals surface area contributed by atoms with Crippen molar-refractivity contribution in [3.8, 4) is 17.3 Å². The first-order chi connectivity index (χ1) is 13.3. The molecule has 0 atom stereocenters. The number of para-hydroxylation sites is 2. The van der Waals surface area contributed by atoms with E-state index in [4.69, 9.17) is 5.11 Å². The van der Waals surface area contributed by atoms with Crippen molar-refractivity contribution in [2.45, 2.75) is 6.92 Å². The number of nitrogens with one attached hydrogen (secondary N) is 2. The molecule has 0 aliphatic heterocycles. The summed E-state index contributed by atoms with van der Waals surface area (Å²) in [6.45, 7) is 1.93. The van der Waals surface area contributed by atoms with Crippen molar-refractivity contribution in [3.63, 3.8) is 0 Å². The first-order valence-electron chi connectivity index (χ1n) is 8.53. The third-order valence-corrected chi connectivity index (χ3v) is 3.80. The summed E-state index contributed by atoms with van der Waals surface area (Å²) in [6, 6.07) is 19.8. The molecule has 6 nitrogen and oxygen atoms in total. The summed E-state index contributed by atoms with van der Waals surface area (Å²) in [5.41, 5.74) is 4.94. The van der Waals surface area contributed by atoms with Gasteiger partial charge in [0.1, 0.15) is 11.9 Å². The zero-order chi connectivity index (χ0) is 19.1. The van der Waals surface area contributed by atoms with Gasteiger partial charge >= 0.3 is 0 Å². The SMILES string of the molecule is CCO.N#C/C(=C\c1cn[nH]c1-c1ccccc1)c1nc2ccccc2[nH]1. The minimum Gasteiger partial charge on any atom is -0.397 e. The molecule has 3 N–H and O–H groups in total. The van der Waals surface area contributed by atoms with Crippen LogP contribution in [0, 0.1) is 11.3 Å². The fraction of sp³-hybridized carbons (Fsp3) is 0.0952. The van der Waals surface area contributed by atoms with Gasteiger partial charge < -0.3 is 10.1 Å². The van der Waals surface area contributed by atoms with Gasteiger partial charge in [0.25, 0.3) is 0 Å². The van der Waals surface area contributed by atoms with Gasteiger partial charge in [-0.15, -0.1) is 0 Å². The number of hydrogen-bond donors (Lipinski definition) is 3. The summed E-state index contributed by atoms with van der Waals surface area (Å²) < 4.78 is 0. The number of aromatic amines is 2. The maximum absolute atomic E-state index is 9.56. The quantitative estimate of drug-likeness (QED) is 0.482. The molecule has 0 spiro atoms. The highest BCUT2D eigenvalue weighted by atomic mass is 16.2. The fourth-order valence-corrected chi connectivity index (χ4v) is 2.63. The minimum absolute atomic E-state index is 0.250. The van der Waals surface area contributed by atoms with Gasteiger partial charge in [-0.3, -0.25) is 5.10 Å². The molecule has 0 fully saturated rings. The summed E-state index contributed by atoms with van der Waals surface area (Å²) >= 11 is 0. The van der Waals surface area contributed by atoms with Crippen LogP contribution in [0.3, 0.4) is 0 Å². The Bertz CT molecular complexity index is 1050. The van der Waals surface area contributed by atoms with E-state index in [1.54, 1.807) is 19.2 Å². The van der Waals surface area contributed by atoms with Crippen LogP contribution in [-0.2, 0) is 0 Å². The number of rotatable bonds is 3. The second kappa shape index (κ2) is 8.61. The maximum Gasteiger partial charge on any atom is 0.149 e. The Morgan fingerprint density at radius 1 is 1.15 bits per heavy atom. The number of aliphatic hydroxyl groups is 1. The zero-order valence-corrected chi connectivity index (χ0v) is 14.8. The number of allylic oxidation sites excluding steroid dienone is 1. The number of nitriles is 1. The molecule has 0 bridgehead atoms. The third-order valence-electron chi connectivity index (χ3n) is 3.80. The number of hydrogen-bond acceptors (Lipinski definition) is 4. The molecule has 0 radical (unpaired) electrons. The molecule has 0 aliphatic rings. The largest absolute Gasteiger partial charge is 0.397 e. The highest BCUT2D eigenvalue weighted by molar-refractivity contribution is 5.92. The summed E-state index contributed by atoms with van der Waals surface area (Å²) in [7, 11) is 0. The first-order valence-corrected chi connectivity index (χ1v) is 8.53. The molecule has 2 aromatic heterocycles. The van der Waals surface area contributed by atoms with Gasteiger partial charge in [-0.05, 0) is 25.1 Å². The van der Waals surface area contributed by atoms with Crippen molar-refractivity contribution in [3.05, 3.63) is 72.2 Å². The van der Waals surface area contributed by atoms with Crippen LogP contribution in [0.15, 0.2) is 60.8 Å². The molecule has 6 heteroatoms. The standard InChI is InChI=1S/C19H13N5.C2H6O/c20-11-14(19-22-16-8-4-5-9-17(16)23-19)10-15-12-21-24-18(15)13-6-2-1-3-7-13;1-2-3/h1-10,12H,(H,21,24)(H,22,23);3H,2H2,1H3/b14-10+;. The average Bonchev–Trinajstić information content (AvgIpc) is 3.34. The lowest BCUT2D eigenvalue weighted by Crippen LogP contribution is -1.86. The predicted octanol–water partition coefficient (Wildman–Crippen LogP) is 4.02. The van der Waals surface area contributed by atoms with Gasteiger partial charge in [0, 0.05) is 17.7 Å². The van der Waals surface area contributed by atoms with Crippen LogP contribution >= 0.6 is 0 Å². The molecule has 4 aromatic rings. The molecule has 0 unspecified atom stereocenters. The lowest BCUT2D eigenvalue weighted by atomic mass is 10.1. The molecule has 0 saturated heterocycles. The molecule has 0 aliphatic carbocycles. The van der Waals surface area contributed by atoms with Crippen LogP contribution in [0.2, 0.25) is 0 Å². The van der Waals surface area contributed by atoms with E-state index in [-0.39, 0.29) is 6.61 Å². The fourth-order valence-electron chi connectivity index (χ4n) is 2.63. The average molecular weight is 357 g/mol. The Morgan fingerprint density at radius 2 is 1.85 bits per heavy atom. The molecule has 2 aromatic carbocycles. The second-order valence-electron chi connectivity index (χ2n) is 5.65. The van der Waals surface area contributed by atoms with Crippen LogP contribution in [-0.4, -0.2) is 31.9 Å². The molecule has 0 saturated carbocycles. The molecule has 0 amide bonds. The van der Waals surface area contributed by atoms with Crippen LogP contribution in [0.5, 0.6) is 0 Å². The van der Waals surface area contributed by atoms with Crippen molar-refractivity contribution in [1.29, 1.82) is 5.26 Å². The summed E-state index contributed by atoms with van der Waals surface area (Å²) in [5.74, 6) is 0.555. The highest BCUT2D eigenvalue weighted by Gasteiger charge is 2.11. The van der Waals surface area contributed by atoms with Gasteiger partial charge in [0.15, 0.2) is 0 Å². The van der Waals surface area contributed by atoms with Gasteiger partial charge in [-0.2, -0.15) is 10.4 Å². The van der Waals surface area contributed by atoms with E-state index in [1.165, 1.54) is 0 Å². The van der Waals surface area contributed by atoms with Crippen molar-refractivity contribution >= 4 is 22.7 Å². The Kier molecular flexibility index (Phi) is 5.77. The Morgan fingerprint density at radius 3 is 2.56 bits per heavy atom. The molecule has 134 valence electrons.